The van der Waals surface area contributed by atoms with Crippen LogP contribution in [0.4, 0.5) is 5.69 Å². The number of benzene rings is 1. The zero-order chi connectivity index (χ0) is 12.6. The summed E-state index contributed by atoms with van der Waals surface area (Å²) in [5.41, 5.74) is 12.1. The molecule has 0 fully saturated rings. The molecule has 0 aliphatic rings. The standard InChI is InChI=1S/C7H5NO4S.HN3/c9-5-8-6-3-1-2-4-7(6)13(10,11)12;1-3-2/h1-4H,(H,10,11,12);1H. The maximum absolute atomic E-state index is 10.7. The highest BCUT2D eigenvalue weighted by molar-refractivity contribution is 7.86. The number of carbonyl (C=O) groups excluding carboxylic acids is 1. The van der Waals surface area contributed by atoms with Gasteiger partial charge in [-0.05, 0) is 22.6 Å². The predicted molar refractivity (Wildman–Crippen MR) is 53.5 cm³/mol. The van der Waals surface area contributed by atoms with Crippen molar-refractivity contribution < 1.29 is 17.8 Å². The van der Waals surface area contributed by atoms with Gasteiger partial charge in [0, 0.05) is 0 Å². The number of aliphatic imine (C=N–C) groups is 1. The van der Waals surface area contributed by atoms with Crippen LogP contribution in [0.2, 0.25) is 0 Å². The average Bonchev–Trinajstić information content (AvgIpc) is 2.18. The molecule has 0 unspecified atom stereocenters. The Balaban J connectivity index is 0.000000673. The molecule has 1 aromatic rings. The molecule has 9 heteroatoms. The van der Waals surface area contributed by atoms with Crippen LogP contribution in [0.25, 0.3) is 10.4 Å². The Morgan fingerprint density at radius 1 is 1.44 bits per heavy atom. The first-order valence-corrected chi connectivity index (χ1v) is 5.06. The van der Waals surface area contributed by atoms with Gasteiger partial charge < -0.3 is 0 Å². The van der Waals surface area contributed by atoms with Crippen LogP contribution in [-0.4, -0.2) is 19.1 Å². The fourth-order valence-corrected chi connectivity index (χ4v) is 1.45. The lowest BCUT2D eigenvalue weighted by Gasteiger charge is -1.98. The van der Waals surface area contributed by atoms with Crippen LogP contribution in [0.3, 0.4) is 0 Å². The van der Waals surface area contributed by atoms with Crippen molar-refractivity contribution in [2.45, 2.75) is 4.90 Å². The first kappa shape index (κ1) is 13.8. The van der Waals surface area contributed by atoms with Gasteiger partial charge in [-0.15, -0.1) is 5.53 Å². The number of para-hydroxylation sites is 1. The second-order valence-corrected chi connectivity index (χ2v) is 3.64. The molecule has 0 aliphatic carbocycles. The van der Waals surface area contributed by atoms with Gasteiger partial charge in [0.05, 0.1) is 5.69 Å². The van der Waals surface area contributed by atoms with Crippen LogP contribution >= 0.6 is 0 Å². The Morgan fingerprint density at radius 3 is 2.38 bits per heavy atom. The molecule has 0 aromatic heterocycles. The van der Waals surface area contributed by atoms with Crippen molar-refractivity contribution in [3.63, 3.8) is 0 Å². The van der Waals surface area contributed by atoms with E-state index in [1.807, 2.05) is 0 Å². The molecule has 0 amide bonds. The van der Waals surface area contributed by atoms with E-state index in [1.54, 1.807) is 4.91 Å². The molecule has 0 spiro atoms. The molecular weight excluding hydrogens is 236 g/mol. The lowest BCUT2D eigenvalue weighted by atomic mass is 10.3. The van der Waals surface area contributed by atoms with E-state index in [9.17, 15) is 13.2 Å². The summed E-state index contributed by atoms with van der Waals surface area (Å²) in [7, 11) is -4.33. The maximum atomic E-state index is 10.7. The summed E-state index contributed by atoms with van der Waals surface area (Å²) in [6, 6.07) is 5.33. The molecular formula is C7H6N4O4S. The minimum Gasteiger partial charge on any atom is -0.282 e. The molecule has 1 rings (SSSR count). The molecule has 0 aliphatic heterocycles. The summed E-state index contributed by atoms with van der Waals surface area (Å²) in [6.45, 7) is 0. The minimum absolute atomic E-state index is 0.125. The van der Waals surface area contributed by atoms with Gasteiger partial charge in [-0.25, -0.2) is 4.79 Å². The molecule has 0 saturated heterocycles. The molecule has 0 saturated carbocycles. The van der Waals surface area contributed by atoms with Crippen molar-refractivity contribution in [2.75, 3.05) is 0 Å². The van der Waals surface area contributed by atoms with Crippen LogP contribution in [0.1, 0.15) is 0 Å². The van der Waals surface area contributed by atoms with Crippen molar-refractivity contribution in [1.29, 1.82) is 5.53 Å². The second-order valence-electron chi connectivity index (χ2n) is 2.25. The summed E-state index contributed by atoms with van der Waals surface area (Å²) in [5, 5.41) is 0. The van der Waals surface area contributed by atoms with Gasteiger partial charge in [-0.3, -0.25) is 4.55 Å². The first-order valence-electron chi connectivity index (χ1n) is 3.62. The molecule has 2 N–H and O–H groups in total. The summed E-state index contributed by atoms with van der Waals surface area (Å²) in [4.78, 5) is 14.4. The molecule has 1 aromatic carbocycles. The van der Waals surface area contributed by atoms with Gasteiger partial charge in [-0.1, -0.05) is 12.1 Å². The number of hydrogen-bond acceptors (Lipinski definition) is 5. The lowest BCUT2D eigenvalue weighted by Crippen LogP contribution is -1.97. The van der Waals surface area contributed by atoms with E-state index in [0.29, 0.717) is 0 Å². The van der Waals surface area contributed by atoms with Crippen LogP contribution in [0.15, 0.2) is 34.2 Å². The van der Waals surface area contributed by atoms with E-state index in [4.69, 9.17) is 15.6 Å². The molecule has 84 valence electrons. The third-order valence-electron chi connectivity index (χ3n) is 1.31. The van der Waals surface area contributed by atoms with Crippen molar-refractivity contribution in [2.24, 2.45) is 4.99 Å². The van der Waals surface area contributed by atoms with E-state index in [2.05, 4.69) is 4.99 Å². The van der Waals surface area contributed by atoms with Crippen molar-refractivity contribution in [3.05, 3.63) is 34.7 Å². The van der Waals surface area contributed by atoms with Crippen LogP contribution < -0.4 is 0 Å². The number of hydrogen-bond donors (Lipinski definition) is 2. The molecule has 0 bridgehead atoms. The fraction of sp³-hybridized carbons (Fsp3) is 0. The lowest BCUT2D eigenvalue weighted by molar-refractivity contribution is 0.483. The predicted octanol–water partition coefficient (Wildman–Crippen LogP) is 1.78. The third-order valence-corrected chi connectivity index (χ3v) is 2.21. The highest BCUT2D eigenvalue weighted by Gasteiger charge is 2.13. The van der Waals surface area contributed by atoms with Gasteiger partial charge in [0.2, 0.25) is 6.08 Å². The average molecular weight is 242 g/mol. The molecule has 0 heterocycles. The van der Waals surface area contributed by atoms with E-state index >= 15 is 0 Å². The zero-order valence-corrected chi connectivity index (χ0v) is 8.55. The second kappa shape index (κ2) is 6.33. The van der Waals surface area contributed by atoms with Gasteiger partial charge in [0.1, 0.15) is 4.90 Å². The smallest absolute Gasteiger partial charge is 0.282 e. The third kappa shape index (κ3) is 4.36. The Bertz CT molecular complexity index is 541. The van der Waals surface area contributed by atoms with Crippen LogP contribution in [0.5, 0.6) is 0 Å². The van der Waals surface area contributed by atoms with E-state index in [0.717, 1.165) is 6.07 Å². The Morgan fingerprint density at radius 2 is 1.94 bits per heavy atom. The van der Waals surface area contributed by atoms with E-state index < -0.39 is 15.0 Å². The quantitative estimate of drug-likeness (QED) is 0.203. The highest BCUT2D eigenvalue weighted by Crippen LogP contribution is 2.22. The number of rotatable bonds is 2. The fourth-order valence-electron chi connectivity index (χ4n) is 0.817. The number of nitrogens with zero attached hydrogens (tertiary/aromatic N) is 3. The molecule has 0 atom stereocenters. The molecule has 8 nitrogen and oxygen atoms in total. The Labute approximate surface area is 90.4 Å². The summed E-state index contributed by atoms with van der Waals surface area (Å²) < 4.78 is 30.1. The Kier molecular flexibility index (Phi) is 5.47. The SMILES string of the molecule is O=C=Nc1ccccc1S(=O)(=O)O.[N-]=[N+]=N. The zero-order valence-electron chi connectivity index (χ0n) is 7.73. The topological polar surface area (TPSA) is 144 Å². The largest absolute Gasteiger partial charge is 0.296 e. The Hall–Kier alpha value is -2.18. The van der Waals surface area contributed by atoms with E-state index in [1.165, 1.54) is 24.3 Å². The summed E-state index contributed by atoms with van der Waals surface area (Å²) >= 11 is 0. The van der Waals surface area contributed by atoms with Crippen LogP contribution in [-0.2, 0) is 14.9 Å². The monoisotopic (exact) mass is 242 g/mol. The summed E-state index contributed by atoms with van der Waals surface area (Å²) in [6.07, 6.45) is 1.20. The van der Waals surface area contributed by atoms with Crippen molar-refractivity contribution in [3.8, 4) is 0 Å². The number of nitrogens with one attached hydrogen (secondary N) is 1. The highest BCUT2D eigenvalue weighted by atomic mass is 32.2. The van der Waals surface area contributed by atoms with Gasteiger partial charge in [0.15, 0.2) is 0 Å². The van der Waals surface area contributed by atoms with Gasteiger partial charge in [-0.2, -0.15) is 13.4 Å². The number of isocyanates is 1. The van der Waals surface area contributed by atoms with Crippen molar-refractivity contribution in [1.82, 2.24) is 0 Å². The van der Waals surface area contributed by atoms with E-state index in [-0.39, 0.29) is 5.69 Å². The maximum Gasteiger partial charge on any atom is 0.296 e. The first-order chi connectivity index (χ1) is 7.47. The van der Waals surface area contributed by atoms with Gasteiger partial charge >= 0.3 is 0 Å². The summed E-state index contributed by atoms with van der Waals surface area (Å²) in [5.74, 6) is 0. The van der Waals surface area contributed by atoms with Crippen molar-refractivity contribution >= 4 is 21.9 Å². The molecule has 16 heavy (non-hydrogen) atoms. The molecule has 0 radical (unpaired) electrons. The normalized spacial score (nSPS) is 9.06. The van der Waals surface area contributed by atoms with Crippen LogP contribution in [0, 0.1) is 5.53 Å². The minimum atomic E-state index is -4.33. The van der Waals surface area contributed by atoms with Gasteiger partial charge in [0.25, 0.3) is 10.1 Å².